The quantitative estimate of drug-likeness (QED) is 0.771. The number of halogens is 2. The molecule has 0 radical (unpaired) electrons. The molecule has 0 aromatic carbocycles. The molecule has 18 heavy (non-hydrogen) atoms. The van der Waals surface area contributed by atoms with Crippen molar-refractivity contribution in [1.29, 1.82) is 0 Å². The molecule has 1 saturated heterocycles. The lowest BCUT2D eigenvalue weighted by Crippen LogP contribution is -2.47. The van der Waals surface area contributed by atoms with Crippen molar-refractivity contribution in [2.45, 2.75) is 49.8 Å². The fourth-order valence-electron chi connectivity index (χ4n) is 3.42. The van der Waals surface area contributed by atoms with Gasteiger partial charge in [-0.25, -0.2) is 8.78 Å². The van der Waals surface area contributed by atoms with E-state index in [2.05, 4.69) is 0 Å². The number of rotatable bonds is 2. The predicted molar refractivity (Wildman–Crippen MR) is 67.6 cm³/mol. The zero-order valence-corrected chi connectivity index (χ0v) is 11.2. The fraction of sp³-hybridized carbons (Fsp3) is 0.923. The Labute approximate surface area is 110 Å². The van der Waals surface area contributed by atoms with Gasteiger partial charge < -0.3 is 4.90 Å². The molecule has 2 nitrogen and oxygen atoms in total. The summed E-state index contributed by atoms with van der Waals surface area (Å²) < 4.78 is 25.2. The first-order valence-electron chi connectivity index (χ1n) is 6.88. The molecule has 0 aromatic heterocycles. The highest BCUT2D eigenvalue weighted by molar-refractivity contribution is 8.00. The van der Waals surface area contributed by atoms with Crippen molar-refractivity contribution < 1.29 is 13.6 Å². The van der Waals surface area contributed by atoms with Crippen LogP contribution in [0, 0.1) is 11.8 Å². The van der Waals surface area contributed by atoms with Gasteiger partial charge in [-0.3, -0.25) is 4.79 Å². The SMILES string of the molecule is O=C([C@H]1C[C@@H]1C(F)F)N1CCSC12CCCCC2. The monoisotopic (exact) mass is 275 g/mol. The predicted octanol–water partition coefficient (Wildman–Crippen LogP) is 3.12. The Kier molecular flexibility index (Phi) is 3.28. The molecule has 0 aromatic rings. The molecule has 1 aliphatic heterocycles. The highest BCUT2D eigenvalue weighted by Gasteiger charge is 2.54. The number of thioether (sulfide) groups is 1. The molecular formula is C13H19F2NOS. The highest BCUT2D eigenvalue weighted by atomic mass is 32.2. The number of alkyl halides is 2. The molecule has 102 valence electrons. The van der Waals surface area contributed by atoms with Crippen LogP contribution in [-0.4, -0.2) is 34.4 Å². The second-order valence-corrected chi connectivity index (χ2v) is 7.14. The fourth-order valence-corrected chi connectivity index (χ4v) is 4.98. The number of carbonyl (C=O) groups excluding carboxylic acids is 1. The van der Waals surface area contributed by atoms with E-state index < -0.39 is 12.3 Å². The number of hydrogen-bond acceptors (Lipinski definition) is 2. The van der Waals surface area contributed by atoms with Gasteiger partial charge in [0, 0.05) is 24.1 Å². The Bertz CT molecular complexity index is 344. The second-order valence-electron chi connectivity index (χ2n) is 5.69. The molecule has 2 saturated carbocycles. The zero-order valence-electron chi connectivity index (χ0n) is 10.4. The Hall–Kier alpha value is -0.320. The summed E-state index contributed by atoms with van der Waals surface area (Å²) in [6.45, 7) is 0.760. The average Bonchev–Trinajstić information content (AvgIpc) is 3.08. The lowest BCUT2D eigenvalue weighted by Gasteiger charge is -2.40. The summed E-state index contributed by atoms with van der Waals surface area (Å²) in [6.07, 6.45) is 3.75. The lowest BCUT2D eigenvalue weighted by atomic mass is 9.93. The van der Waals surface area contributed by atoms with E-state index in [1.165, 1.54) is 19.3 Å². The summed E-state index contributed by atoms with van der Waals surface area (Å²) >= 11 is 1.87. The van der Waals surface area contributed by atoms with E-state index in [0.29, 0.717) is 6.42 Å². The van der Waals surface area contributed by atoms with Crippen molar-refractivity contribution in [3.8, 4) is 0 Å². The number of hydrogen-bond donors (Lipinski definition) is 0. The molecule has 3 fully saturated rings. The van der Waals surface area contributed by atoms with Gasteiger partial charge >= 0.3 is 0 Å². The van der Waals surface area contributed by atoms with Gasteiger partial charge in [0.25, 0.3) is 0 Å². The van der Waals surface area contributed by atoms with Crippen LogP contribution in [0.25, 0.3) is 0 Å². The molecule has 1 heterocycles. The van der Waals surface area contributed by atoms with E-state index in [0.717, 1.165) is 25.1 Å². The van der Waals surface area contributed by atoms with E-state index in [-0.39, 0.29) is 16.7 Å². The van der Waals surface area contributed by atoms with Crippen molar-refractivity contribution in [1.82, 2.24) is 4.90 Å². The first-order valence-corrected chi connectivity index (χ1v) is 7.86. The standard InChI is InChI=1S/C13H19F2NOS/c14-11(15)9-8-10(9)12(17)16-6-7-18-13(16)4-2-1-3-5-13/h9-11H,1-8H2/t9-,10-/m0/s1. The molecule has 0 unspecified atom stereocenters. The van der Waals surface area contributed by atoms with E-state index in [1.54, 1.807) is 0 Å². The van der Waals surface area contributed by atoms with Crippen molar-refractivity contribution in [3.05, 3.63) is 0 Å². The molecular weight excluding hydrogens is 256 g/mol. The molecule has 5 heteroatoms. The van der Waals surface area contributed by atoms with Gasteiger partial charge in [-0.05, 0) is 19.3 Å². The number of nitrogens with zero attached hydrogens (tertiary/aromatic N) is 1. The maximum absolute atomic E-state index is 12.6. The topological polar surface area (TPSA) is 20.3 Å². The van der Waals surface area contributed by atoms with Crippen molar-refractivity contribution in [2.75, 3.05) is 12.3 Å². The van der Waals surface area contributed by atoms with Crippen LogP contribution in [0.1, 0.15) is 38.5 Å². The van der Waals surface area contributed by atoms with Crippen molar-refractivity contribution >= 4 is 17.7 Å². The summed E-state index contributed by atoms with van der Waals surface area (Å²) in [5, 5.41) is 0. The third kappa shape index (κ3) is 2.04. The molecule has 1 spiro atoms. The van der Waals surface area contributed by atoms with Gasteiger partial charge in [0.05, 0.1) is 4.87 Å². The van der Waals surface area contributed by atoms with E-state index >= 15 is 0 Å². The van der Waals surface area contributed by atoms with Crippen LogP contribution in [0.15, 0.2) is 0 Å². The van der Waals surface area contributed by atoms with Crippen molar-refractivity contribution in [3.63, 3.8) is 0 Å². The Balaban J connectivity index is 1.69. The third-order valence-corrected chi connectivity index (χ3v) is 6.11. The molecule has 0 N–H and O–H groups in total. The molecule has 3 rings (SSSR count). The highest BCUT2D eigenvalue weighted by Crippen LogP contribution is 2.51. The Morgan fingerprint density at radius 1 is 1.28 bits per heavy atom. The smallest absolute Gasteiger partial charge is 0.242 e. The summed E-state index contributed by atoms with van der Waals surface area (Å²) in [5.74, 6) is -0.0731. The summed E-state index contributed by atoms with van der Waals surface area (Å²) in [7, 11) is 0. The minimum Gasteiger partial charge on any atom is -0.327 e. The Morgan fingerprint density at radius 2 is 2.00 bits per heavy atom. The van der Waals surface area contributed by atoms with Gasteiger partial charge in [0.15, 0.2) is 0 Å². The maximum Gasteiger partial charge on any atom is 0.242 e. The molecule has 2 aliphatic carbocycles. The number of carbonyl (C=O) groups is 1. The minimum absolute atomic E-state index is 0.00667. The lowest BCUT2D eigenvalue weighted by molar-refractivity contribution is -0.136. The summed E-state index contributed by atoms with van der Waals surface area (Å²) in [6, 6.07) is 0. The second kappa shape index (κ2) is 4.66. The summed E-state index contributed by atoms with van der Waals surface area (Å²) in [5.41, 5.74) is 0. The van der Waals surface area contributed by atoms with Gasteiger partial charge in [-0.15, -0.1) is 11.8 Å². The third-order valence-electron chi connectivity index (χ3n) is 4.56. The van der Waals surface area contributed by atoms with E-state index in [4.69, 9.17) is 0 Å². The minimum atomic E-state index is -2.32. The van der Waals surface area contributed by atoms with Crippen LogP contribution in [0.2, 0.25) is 0 Å². The van der Waals surface area contributed by atoms with Gasteiger partial charge in [0.2, 0.25) is 12.3 Å². The normalized spacial score (nSPS) is 34.3. The van der Waals surface area contributed by atoms with Gasteiger partial charge in [-0.1, -0.05) is 19.3 Å². The van der Waals surface area contributed by atoms with Crippen LogP contribution < -0.4 is 0 Å². The van der Waals surface area contributed by atoms with E-state index in [1.807, 2.05) is 16.7 Å². The molecule has 3 aliphatic rings. The van der Waals surface area contributed by atoms with Crippen LogP contribution >= 0.6 is 11.8 Å². The van der Waals surface area contributed by atoms with Crippen LogP contribution in [0.4, 0.5) is 8.78 Å². The molecule has 2 atom stereocenters. The zero-order chi connectivity index (χ0) is 12.8. The van der Waals surface area contributed by atoms with Crippen molar-refractivity contribution in [2.24, 2.45) is 11.8 Å². The van der Waals surface area contributed by atoms with Crippen LogP contribution in [-0.2, 0) is 4.79 Å². The number of amides is 1. The molecule has 0 bridgehead atoms. The largest absolute Gasteiger partial charge is 0.327 e. The molecule has 1 amide bonds. The average molecular weight is 275 g/mol. The van der Waals surface area contributed by atoms with Gasteiger partial charge in [0.1, 0.15) is 0 Å². The van der Waals surface area contributed by atoms with E-state index in [9.17, 15) is 13.6 Å². The van der Waals surface area contributed by atoms with Crippen LogP contribution in [0.3, 0.4) is 0 Å². The first-order chi connectivity index (χ1) is 8.64. The maximum atomic E-state index is 12.6. The Morgan fingerprint density at radius 3 is 2.61 bits per heavy atom. The first kappa shape index (κ1) is 12.7. The van der Waals surface area contributed by atoms with Crippen LogP contribution in [0.5, 0.6) is 0 Å². The summed E-state index contributed by atoms with van der Waals surface area (Å²) in [4.78, 5) is 14.3. The van der Waals surface area contributed by atoms with Gasteiger partial charge in [-0.2, -0.15) is 0 Å².